The summed E-state index contributed by atoms with van der Waals surface area (Å²) in [7, 11) is 0. The summed E-state index contributed by atoms with van der Waals surface area (Å²) < 4.78 is 4.96. The first kappa shape index (κ1) is 18.3. The molecule has 3 atom stereocenters. The number of benzene rings is 1. The Bertz CT molecular complexity index is 533. The number of ether oxygens (including phenoxy) is 1. The van der Waals surface area contributed by atoms with Gasteiger partial charge in [0.15, 0.2) is 0 Å². The van der Waals surface area contributed by atoms with E-state index in [0.29, 0.717) is 12.5 Å². The Hall–Kier alpha value is -2.04. The minimum absolute atomic E-state index is 0.0283. The number of alkyl carbamates (subject to hydrolysis) is 1. The molecule has 24 heavy (non-hydrogen) atoms. The minimum Gasteiger partial charge on any atom is -0.450 e. The van der Waals surface area contributed by atoms with Crippen LogP contribution in [0, 0.1) is 5.92 Å². The normalized spacial score (nSPS) is 21.6. The third-order valence-electron chi connectivity index (χ3n) is 4.62. The average Bonchev–Trinajstić information content (AvgIpc) is 2.57. The standard InChI is InChI=1S/C19H28N2O3/c1-3-24-19(23)21-17(15-10-5-4-6-11-15)13-18(22)20-16-12-8-7-9-14(16)2/h4-6,10-11,14,16-17H,3,7-9,12-13H2,1-2H3,(H,20,22)(H,21,23)/t14-,16+,17+/m0/s1. The molecule has 0 spiro atoms. The van der Waals surface area contributed by atoms with Gasteiger partial charge in [0.2, 0.25) is 5.91 Å². The van der Waals surface area contributed by atoms with Gasteiger partial charge in [0, 0.05) is 6.04 Å². The predicted molar refractivity (Wildman–Crippen MR) is 93.5 cm³/mol. The lowest BCUT2D eigenvalue weighted by atomic mass is 9.86. The number of amides is 2. The molecule has 2 rings (SSSR count). The summed E-state index contributed by atoms with van der Waals surface area (Å²) in [6.45, 7) is 4.25. The SMILES string of the molecule is CCOC(=O)N[C@H](CC(=O)N[C@@H]1CCCC[C@@H]1C)c1ccccc1. The van der Waals surface area contributed by atoms with Crippen LogP contribution in [-0.4, -0.2) is 24.6 Å². The topological polar surface area (TPSA) is 67.4 Å². The highest BCUT2D eigenvalue weighted by atomic mass is 16.5. The molecule has 1 aromatic carbocycles. The smallest absolute Gasteiger partial charge is 0.407 e. The molecular formula is C19H28N2O3. The van der Waals surface area contributed by atoms with Crippen molar-refractivity contribution in [1.82, 2.24) is 10.6 Å². The summed E-state index contributed by atoms with van der Waals surface area (Å²) in [6.07, 6.45) is 4.32. The summed E-state index contributed by atoms with van der Waals surface area (Å²) in [6, 6.07) is 9.39. The van der Waals surface area contributed by atoms with Gasteiger partial charge in [-0.3, -0.25) is 4.79 Å². The Morgan fingerprint density at radius 1 is 1.21 bits per heavy atom. The lowest BCUT2D eigenvalue weighted by Gasteiger charge is -2.30. The van der Waals surface area contributed by atoms with Crippen molar-refractivity contribution in [3.8, 4) is 0 Å². The van der Waals surface area contributed by atoms with E-state index >= 15 is 0 Å². The lowest BCUT2D eigenvalue weighted by Crippen LogP contribution is -2.42. The summed E-state index contributed by atoms with van der Waals surface area (Å²) in [5.41, 5.74) is 0.900. The van der Waals surface area contributed by atoms with Crippen LogP contribution in [0.4, 0.5) is 4.79 Å². The van der Waals surface area contributed by atoms with Gasteiger partial charge in [-0.15, -0.1) is 0 Å². The van der Waals surface area contributed by atoms with E-state index in [1.807, 2.05) is 30.3 Å². The molecule has 1 saturated carbocycles. The molecule has 2 N–H and O–H groups in total. The molecule has 0 aliphatic heterocycles. The molecule has 1 aliphatic carbocycles. The molecule has 0 aromatic heterocycles. The van der Waals surface area contributed by atoms with Crippen molar-refractivity contribution < 1.29 is 14.3 Å². The maximum atomic E-state index is 12.5. The van der Waals surface area contributed by atoms with Crippen molar-refractivity contribution >= 4 is 12.0 Å². The van der Waals surface area contributed by atoms with Gasteiger partial charge in [0.1, 0.15) is 0 Å². The fraction of sp³-hybridized carbons (Fsp3) is 0.579. The first-order valence-electron chi connectivity index (χ1n) is 8.87. The quantitative estimate of drug-likeness (QED) is 0.837. The van der Waals surface area contributed by atoms with Gasteiger partial charge < -0.3 is 15.4 Å². The molecule has 132 valence electrons. The van der Waals surface area contributed by atoms with Gasteiger partial charge in [0.25, 0.3) is 0 Å². The van der Waals surface area contributed by atoms with E-state index in [1.54, 1.807) is 6.92 Å². The van der Waals surface area contributed by atoms with Crippen molar-refractivity contribution in [1.29, 1.82) is 0 Å². The van der Waals surface area contributed by atoms with Crippen LogP contribution in [0.25, 0.3) is 0 Å². The Labute approximate surface area is 144 Å². The zero-order chi connectivity index (χ0) is 17.4. The Kier molecular flexibility index (Phi) is 7.09. The van der Waals surface area contributed by atoms with E-state index in [1.165, 1.54) is 12.8 Å². The third-order valence-corrected chi connectivity index (χ3v) is 4.62. The van der Waals surface area contributed by atoms with Crippen molar-refractivity contribution in [3.63, 3.8) is 0 Å². The summed E-state index contributed by atoms with van der Waals surface area (Å²) >= 11 is 0. The molecule has 0 unspecified atom stereocenters. The Morgan fingerprint density at radius 3 is 2.58 bits per heavy atom. The summed E-state index contributed by atoms with van der Waals surface area (Å²) in [5, 5.41) is 5.93. The molecule has 1 fully saturated rings. The number of carbonyl (C=O) groups is 2. The predicted octanol–water partition coefficient (Wildman–Crippen LogP) is 3.56. The molecule has 1 aliphatic rings. The second-order valence-electron chi connectivity index (χ2n) is 6.47. The fourth-order valence-electron chi connectivity index (χ4n) is 3.23. The van der Waals surface area contributed by atoms with E-state index in [4.69, 9.17) is 4.74 Å². The van der Waals surface area contributed by atoms with E-state index in [0.717, 1.165) is 18.4 Å². The number of nitrogens with one attached hydrogen (secondary N) is 2. The zero-order valence-corrected chi connectivity index (χ0v) is 14.6. The molecule has 1 aromatic rings. The van der Waals surface area contributed by atoms with Crippen molar-refractivity contribution in [2.24, 2.45) is 5.92 Å². The Balaban J connectivity index is 1.98. The van der Waals surface area contributed by atoms with Crippen LogP contribution in [0.15, 0.2) is 30.3 Å². The molecule has 0 radical (unpaired) electrons. The van der Waals surface area contributed by atoms with Gasteiger partial charge in [0.05, 0.1) is 19.1 Å². The van der Waals surface area contributed by atoms with Gasteiger partial charge in [-0.1, -0.05) is 50.1 Å². The van der Waals surface area contributed by atoms with Crippen LogP contribution >= 0.6 is 0 Å². The van der Waals surface area contributed by atoms with E-state index in [9.17, 15) is 9.59 Å². The monoisotopic (exact) mass is 332 g/mol. The van der Waals surface area contributed by atoms with E-state index in [-0.39, 0.29) is 24.4 Å². The highest BCUT2D eigenvalue weighted by Crippen LogP contribution is 2.24. The Morgan fingerprint density at radius 2 is 1.92 bits per heavy atom. The van der Waals surface area contributed by atoms with Gasteiger partial charge in [-0.25, -0.2) is 4.79 Å². The van der Waals surface area contributed by atoms with E-state index in [2.05, 4.69) is 17.6 Å². The van der Waals surface area contributed by atoms with Crippen LogP contribution in [-0.2, 0) is 9.53 Å². The fourth-order valence-corrected chi connectivity index (χ4v) is 3.23. The maximum Gasteiger partial charge on any atom is 0.407 e. The van der Waals surface area contributed by atoms with Crippen molar-refractivity contribution in [2.75, 3.05) is 6.61 Å². The molecule has 0 bridgehead atoms. The third kappa shape index (κ3) is 5.55. The molecule has 0 saturated heterocycles. The largest absolute Gasteiger partial charge is 0.450 e. The molecule has 0 heterocycles. The van der Waals surface area contributed by atoms with Crippen LogP contribution in [0.2, 0.25) is 0 Å². The number of hydrogen-bond donors (Lipinski definition) is 2. The second-order valence-corrected chi connectivity index (χ2v) is 6.47. The number of hydrogen-bond acceptors (Lipinski definition) is 3. The van der Waals surface area contributed by atoms with Gasteiger partial charge in [-0.05, 0) is 31.2 Å². The van der Waals surface area contributed by atoms with Crippen LogP contribution in [0.1, 0.15) is 57.6 Å². The molecule has 5 nitrogen and oxygen atoms in total. The first-order valence-corrected chi connectivity index (χ1v) is 8.87. The molecule has 5 heteroatoms. The van der Waals surface area contributed by atoms with Crippen molar-refractivity contribution in [3.05, 3.63) is 35.9 Å². The van der Waals surface area contributed by atoms with Crippen molar-refractivity contribution in [2.45, 2.75) is 58.0 Å². The summed E-state index contributed by atoms with van der Waals surface area (Å²) in [4.78, 5) is 24.3. The van der Waals surface area contributed by atoms with Crippen LogP contribution in [0.3, 0.4) is 0 Å². The van der Waals surface area contributed by atoms with E-state index < -0.39 is 6.09 Å². The van der Waals surface area contributed by atoms with Gasteiger partial charge in [-0.2, -0.15) is 0 Å². The number of rotatable bonds is 6. The maximum absolute atomic E-state index is 12.5. The first-order chi connectivity index (χ1) is 11.6. The van der Waals surface area contributed by atoms with Crippen LogP contribution in [0.5, 0.6) is 0 Å². The van der Waals surface area contributed by atoms with Gasteiger partial charge >= 0.3 is 6.09 Å². The summed E-state index contributed by atoms with van der Waals surface area (Å²) in [5.74, 6) is 0.482. The highest BCUT2D eigenvalue weighted by Gasteiger charge is 2.25. The zero-order valence-electron chi connectivity index (χ0n) is 14.6. The van der Waals surface area contributed by atoms with Crippen LogP contribution < -0.4 is 10.6 Å². The highest BCUT2D eigenvalue weighted by molar-refractivity contribution is 5.78. The minimum atomic E-state index is -0.495. The second kappa shape index (κ2) is 9.30. The molecule has 2 amide bonds. The number of carbonyl (C=O) groups excluding carboxylic acids is 2. The molecular weight excluding hydrogens is 304 g/mol. The lowest BCUT2D eigenvalue weighted by molar-refractivity contribution is -0.122. The average molecular weight is 332 g/mol.